The van der Waals surface area contributed by atoms with Crippen LogP contribution in [0.5, 0.6) is 0 Å². The average molecular weight is 356 g/mol. The van der Waals surface area contributed by atoms with Gasteiger partial charge in [-0.1, -0.05) is 42.5 Å². The van der Waals surface area contributed by atoms with Gasteiger partial charge in [-0.05, 0) is 47.1 Å². The van der Waals surface area contributed by atoms with Crippen LogP contribution in [0.4, 0.5) is 0 Å². The third-order valence-corrected chi connectivity index (χ3v) is 6.01. The highest BCUT2D eigenvalue weighted by atomic mass is 35.5. The lowest BCUT2D eigenvalue weighted by molar-refractivity contribution is 0.878. The van der Waals surface area contributed by atoms with Crippen molar-refractivity contribution in [2.75, 3.05) is 5.75 Å². The van der Waals surface area contributed by atoms with Gasteiger partial charge in [-0.3, -0.25) is 4.79 Å². The summed E-state index contributed by atoms with van der Waals surface area (Å²) in [6, 6.07) is 10.1. The van der Waals surface area contributed by atoms with Crippen molar-refractivity contribution in [2.24, 2.45) is 0 Å². The van der Waals surface area contributed by atoms with Gasteiger partial charge in [0.2, 0.25) is 5.56 Å². The first-order valence-corrected chi connectivity index (χ1v) is 9.61. The molecule has 0 radical (unpaired) electrons. The number of hydrogen-bond acceptors (Lipinski definition) is 2. The van der Waals surface area contributed by atoms with E-state index in [0.29, 0.717) is 0 Å². The minimum atomic E-state index is -0.0260. The van der Waals surface area contributed by atoms with E-state index in [4.69, 9.17) is 11.6 Å². The molecule has 4 rings (SSSR count). The number of allylic oxidation sites excluding steroid dienone is 3. The lowest BCUT2D eigenvalue weighted by atomic mass is 9.87. The summed E-state index contributed by atoms with van der Waals surface area (Å²) in [6.07, 6.45) is 9.20. The predicted octanol–water partition coefficient (Wildman–Crippen LogP) is 4.73. The van der Waals surface area contributed by atoms with Gasteiger partial charge < -0.3 is 4.98 Å². The molecule has 0 bridgehead atoms. The van der Waals surface area contributed by atoms with E-state index in [1.807, 2.05) is 12.1 Å². The highest BCUT2D eigenvalue weighted by Crippen LogP contribution is 2.37. The van der Waals surface area contributed by atoms with E-state index < -0.39 is 0 Å². The van der Waals surface area contributed by atoms with Crippen LogP contribution in [-0.4, -0.2) is 16.1 Å². The van der Waals surface area contributed by atoms with Crippen LogP contribution >= 0.6 is 23.4 Å². The van der Waals surface area contributed by atoms with E-state index in [1.165, 1.54) is 22.3 Å². The molecule has 0 fully saturated rings. The Balaban J connectivity index is 1.65. The standard InChI is InChI=1S/C20H18ClNOS/c21-15-8-5-13(6-9-15)12-24-20-17-10-7-14-3-1-2-4-16(14)18(17)11-19(23)22-20/h1-6,8,11,15H,7,9-10,12H2,(H,22,23). The molecule has 2 aliphatic rings. The number of aromatic nitrogens is 1. The summed E-state index contributed by atoms with van der Waals surface area (Å²) in [5.41, 5.74) is 6.14. The van der Waals surface area contributed by atoms with E-state index >= 15 is 0 Å². The van der Waals surface area contributed by atoms with Crippen molar-refractivity contribution in [3.8, 4) is 11.1 Å². The second-order valence-corrected chi connectivity index (χ2v) is 7.74. The predicted molar refractivity (Wildman–Crippen MR) is 102 cm³/mol. The molecule has 1 unspecified atom stereocenters. The molecule has 0 aliphatic heterocycles. The molecule has 1 heterocycles. The van der Waals surface area contributed by atoms with Gasteiger partial charge in [0.15, 0.2) is 0 Å². The number of pyridine rings is 1. The second kappa shape index (κ2) is 6.66. The topological polar surface area (TPSA) is 32.9 Å². The van der Waals surface area contributed by atoms with E-state index in [0.717, 1.165) is 35.6 Å². The summed E-state index contributed by atoms with van der Waals surface area (Å²) in [5, 5.41) is 1.12. The normalized spacial score (nSPS) is 18.7. The number of fused-ring (bicyclic) bond motifs is 3. The summed E-state index contributed by atoms with van der Waals surface area (Å²) < 4.78 is 0. The molecule has 1 N–H and O–H groups in total. The number of aromatic amines is 1. The minimum Gasteiger partial charge on any atom is -0.317 e. The molecule has 2 nitrogen and oxygen atoms in total. The lowest BCUT2D eigenvalue weighted by Gasteiger charge is -2.22. The van der Waals surface area contributed by atoms with Crippen LogP contribution < -0.4 is 5.56 Å². The first-order chi connectivity index (χ1) is 11.7. The van der Waals surface area contributed by atoms with Crippen molar-refractivity contribution in [2.45, 2.75) is 29.7 Å². The number of thioether (sulfide) groups is 1. The third kappa shape index (κ3) is 3.11. The number of benzene rings is 1. The van der Waals surface area contributed by atoms with Crippen molar-refractivity contribution in [3.63, 3.8) is 0 Å². The molecule has 0 saturated carbocycles. The van der Waals surface area contributed by atoms with Crippen LogP contribution in [-0.2, 0) is 12.8 Å². The van der Waals surface area contributed by atoms with Crippen molar-refractivity contribution >= 4 is 23.4 Å². The van der Waals surface area contributed by atoms with Gasteiger partial charge in [0.1, 0.15) is 0 Å². The number of halogens is 1. The summed E-state index contributed by atoms with van der Waals surface area (Å²) in [6.45, 7) is 0. The van der Waals surface area contributed by atoms with Crippen LogP contribution in [0.2, 0.25) is 0 Å². The Morgan fingerprint density at radius 3 is 2.92 bits per heavy atom. The Kier molecular flexibility index (Phi) is 4.38. The molecular weight excluding hydrogens is 338 g/mol. The molecular formula is C20H18ClNOS. The van der Waals surface area contributed by atoms with E-state index in [2.05, 4.69) is 35.3 Å². The molecule has 122 valence electrons. The molecule has 1 atom stereocenters. The highest BCUT2D eigenvalue weighted by Gasteiger charge is 2.20. The zero-order chi connectivity index (χ0) is 16.5. The molecule has 2 aromatic rings. The minimum absolute atomic E-state index is 0.0260. The van der Waals surface area contributed by atoms with Crippen LogP contribution in [0.25, 0.3) is 11.1 Å². The monoisotopic (exact) mass is 355 g/mol. The van der Waals surface area contributed by atoms with Gasteiger partial charge in [0.25, 0.3) is 0 Å². The number of alkyl halides is 1. The molecule has 2 aliphatic carbocycles. The largest absolute Gasteiger partial charge is 0.317 e. The summed E-state index contributed by atoms with van der Waals surface area (Å²) in [4.78, 5) is 15.2. The Hall–Kier alpha value is -1.71. The fourth-order valence-corrected chi connectivity index (χ4v) is 4.58. The highest BCUT2D eigenvalue weighted by molar-refractivity contribution is 7.99. The molecule has 0 spiro atoms. The number of aryl methyl sites for hydroxylation is 1. The number of H-pyrrole nitrogens is 1. The average Bonchev–Trinajstić information content (AvgIpc) is 2.61. The lowest BCUT2D eigenvalue weighted by Crippen LogP contribution is -2.14. The van der Waals surface area contributed by atoms with Crippen molar-refractivity contribution in [3.05, 3.63) is 75.6 Å². The summed E-state index contributed by atoms with van der Waals surface area (Å²) >= 11 is 7.79. The Morgan fingerprint density at radius 2 is 2.08 bits per heavy atom. The Morgan fingerprint density at radius 1 is 1.21 bits per heavy atom. The SMILES string of the molecule is O=c1cc2c(c(SCC3=CCC(Cl)C=C3)[nH]1)CCc1ccccc1-2. The first kappa shape index (κ1) is 15.8. The Labute approximate surface area is 150 Å². The fourth-order valence-electron chi connectivity index (χ4n) is 3.34. The number of rotatable bonds is 3. The van der Waals surface area contributed by atoms with Crippen LogP contribution in [0.1, 0.15) is 17.5 Å². The zero-order valence-electron chi connectivity index (χ0n) is 13.2. The fraction of sp³-hybridized carbons (Fsp3) is 0.250. The van der Waals surface area contributed by atoms with Gasteiger partial charge in [0.05, 0.1) is 10.4 Å². The maximum atomic E-state index is 12.2. The quantitative estimate of drug-likeness (QED) is 0.638. The van der Waals surface area contributed by atoms with Crippen LogP contribution in [0.15, 0.2) is 64.0 Å². The first-order valence-electron chi connectivity index (χ1n) is 8.19. The smallest absolute Gasteiger partial charge is 0.249 e. The summed E-state index contributed by atoms with van der Waals surface area (Å²) in [5.74, 6) is 0.855. The van der Waals surface area contributed by atoms with E-state index in [-0.39, 0.29) is 10.9 Å². The van der Waals surface area contributed by atoms with Gasteiger partial charge in [0, 0.05) is 11.8 Å². The number of hydrogen-bond donors (Lipinski definition) is 1. The van der Waals surface area contributed by atoms with E-state index in [1.54, 1.807) is 17.8 Å². The van der Waals surface area contributed by atoms with E-state index in [9.17, 15) is 4.79 Å². The molecule has 24 heavy (non-hydrogen) atoms. The van der Waals surface area contributed by atoms with Crippen molar-refractivity contribution < 1.29 is 0 Å². The zero-order valence-corrected chi connectivity index (χ0v) is 14.8. The van der Waals surface area contributed by atoms with Gasteiger partial charge in [-0.25, -0.2) is 0 Å². The molecule has 1 aromatic carbocycles. The number of nitrogens with one attached hydrogen (secondary N) is 1. The maximum absolute atomic E-state index is 12.2. The molecule has 0 saturated heterocycles. The molecule has 4 heteroatoms. The van der Waals surface area contributed by atoms with Crippen LogP contribution in [0, 0.1) is 0 Å². The van der Waals surface area contributed by atoms with Gasteiger partial charge >= 0.3 is 0 Å². The van der Waals surface area contributed by atoms with Gasteiger partial charge in [-0.2, -0.15) is 0 Å². The Bertz CT molecular complexity index is 897. The second-order valence-electron chi connectivity index (χ2n) is 6.19. The van der Waals surface area contributed by atoms with Crippen molar-refractivity contribution in [1.29, 1.82) is 0 Å². The van der Waals surface area contributed by atoms with Gasteiger partial charge in [-0.15, -0.1) is 23.4 Å². The van der Waals surface area contributed by atoms with Crippen molar-refractivity contribution in [1.82, 2.24) is 4.98 Å². The molecule has 1 aromatic heterocycles. The third-order valence-electron chi connectivity index (χ3n) is 4.57. The molecule has 0 amide bonds. The summed E-state index contributed by atoms with van der Waals surface area (Å²) in [7, 11) is 0. The maximum Gasteiger partial charge on any atom is 0.249 e. The van der Waals surface area contributed by atoms with Crippen LogP contribution in [0.3, 0.4) is 0 Å².